The summed E-state index contributed by atoms with van der Waals surface area (Å²) in [7, 11) is 0. The Hall–Kier alpha value is -3.15. The standard InChI is InChI=1S/C26H33NO5/c1-3-4-8-23(26(31)32)17-24(28)27(16-15-19(2)25(29)30)18-20-11-13-22(14-12-20)21-9-6-5-7-10-21/h5-7,9-14,19,23H,3-4,8,15-18H2,1-2H3,(H,29,30)(H,31,32). The summed E-state index contributed by atoms with van der Waals surface area (Å²) in [6, 6.07) is 17.9. The lowest BCUT2D eigenvalue weighted by Crippen LogP contribution is -2.35. The molecule has 6 nitrogen and oxygen atoms in total. The van der Waals surface area contributed by atoms with Crippen LogP contribution in [0.1, 0.15) is 51.5 Å². The summed E-state index contributed by atoms with van der Waals surface area (Å²) in [6.45, 7) is 4.19. The maximum Gasteiger partial charge on any atom is 0.307 e. The molecule has 0 fully saturated rings. The number of hydrogen-bond acceptors (Lipinski definition) is 3. The number of benzene rings is 2. The molecule has 0 spiro atoms. The Kier molecular flexibility index (Phi) is 9.92. The molecule has 0 bridgehead atoms. The Morgan fingerprint density at radius 3 is 2.06 bits per heavy atom. The van der Waals surface area contributed by atoms with Crippen molar-refractivity contribution < 1.29 is 24.6 Å². The Labute approximate surface area is 189 Å². The Morgan fingerprint density at radius 1 is 0.875 bits per heavy atom. The summed E-state index contributed by atoms with van der Waals surface area (Å²) in [4.78, 5) is 37.4. The van der Waals surface area contributed by atoms with E-state index in [0.29, 0.717) is 19.4 Å². The minimum Gasteiger partial charge on any atom is -0.481 e. The average Bonchev–Trinajstić information content (AvgIpc) is 2.79. The number of carbonyl (C=O) groups is 3. The highest BCUT2D eigenvalue weighted by Crippen LogP contribution is 2.21. The van der Waals surface area contributed by atoms with E-state index >= 15 is 0 Å². The monoisotopic (exact) mass is 439 g/mol. The number of amides is 1. The van der Waals surface area contributed by atoms with Crippen molar-refractivity contribution in [3.8, 4) is 11.1 Å². The molecule has 0 saturated carbocycles. The molecule has 2 unspecified atom stereocenters. The minimum absolute atomic E-state index is 0.0706. The van der Waals surface area contributed by atoms with E-state index in [1.54, 1.807) is 11.8 Å². The lowest BCUT2D eigenvalue weighted by atomic mass is 9.97. The number of carbonyl (C=O) groups excluding carboxylic acids is 1. The zero-order valence-electron chi connectivity index (χ0n) is 18.9. The van der Waals surface area contributed by atoms with Gasteiger partial charge < -0.3 is 15.1 Å². The summed E-state index contributed by atoms with van der Waals surface area (Å²) < 4.78 is 0. The summed E-state index contributed by atoms with van der Waals surface area (Å²) in [6.07, 6.45) is 2.32. The number of carboxylic acid groups (broad SMARTS) is 2. The summed E-state index contributed by atoms with van der Waals surface area (Å²) >= 11 is 0. The Balaban J connectivity index is 2.13. The van der Waals surface area contributed by atoms with Crippen molar-refractivity contribution >= 4 is 17.8 Å². The molecule has 0 aromatic heterocycles. The van der Waals surface area contributed by atoms with Gasteiger partial charge >= 0.3 is 11.9 Å². The highest BCUT2D eigenvalue weighted by molar-refractivity contribution is 5.82. The molecule has 1 amide bonds. The van der Waals surface area contributed by atoms with Gasteiger partial charge in [0.2, 0.25) is 5.91 Å². The van der Waals surface area contributed by atoms with Crippen LogP contribution in [0.5, 0.6) is 0 Å². The molecule has 0 heterocycles. The van der Waals surface area contributed by atoms with Gasteiger partial charge in [0, 0.05) is 19.5 Å². The van der Waals surface area contributed by atoms with Gasteiger partial charge in [0.1, 0.15) is 0 Å². The number of hydrogen-bond donors (Lipinski definition) is 2. The second kappa shape index (κ2) is 12.6. The molecular weight excluding hydrogens is 406 g/mol. The summed E-state index contributed by atoms with van der Waals surface area (Å²) in [5.74, 6) is -3.42. The predicted octanol–water partition coefficient (Wildman–Crippen LogP) is 5.07. The molecule has 2 N–H and O–H groups in total. The molecule has 0 aliphatic rings. The van der Waals surface area contributed by atoms with Crippen molar-refractivity contribution in [2.45, 2.75) is 52.5 Å². The first-order valence-electron chi connectivity index (χ1n) is 11.2. The van der Waals surface area contributed by atoms with Crippen molar-refractivity contribution in [1.29, 1.82) is 0 Å². The quantitative estimate of drug-likeness (QED) is 0.454. The average molecular weight is 440 g/mol. The van der Waals surface area contributed by atoms with Crippen LogP contribution in [0.2, 0.25) is 0 Å². The van der Waals surface area contributed by atoms with Crippen molar-refractivity contribution in [3.63, 3.8) is 0 Å². The van der Waals surface area contributed by atoms with Crippen LogP contribution < -0.4 is 0 Å². The highest BCUT2D eigenvalue weighted by atomic mass is 16.4. The van der Waals surface area contributed by atoms with Crippen molar-refractivity contribution in [1.82, 2.24) is 4.90 Å². The molecule has 2 aromatic rings. The third-order valence-electron chi connectivity index (χ3n) is 5.72. The van der Waals surface area contributed by atoms with E-state index in [-0.39, 0.29) is 18.9 Å². The second-order valence-corrected chi connectivity index (χ2v) is 8.29. The molecule has 0 radical (unpaired) electrons. The van der Waals surface area contributed by atoms with Crippen LogP contribution in [0.25, 0.3) is 11.1 Å². The number of carboxylic acids is 2. The summed E-state index contributed by atoms with van der Waals surface area (Å²) in [5.41, 5.74) is 3.08. The molecule has 2 atom stereocenters. The van der Waals surface area contributed by atoms with Gasteiger partial charge in [-0.15, -0.1) is 0 Å². The minimum atomic E-state index is -0.960. The van der Waals surface area contributed by atoms with Gasteiger partial charge in [0.15, 0.2) is 0 Å². The van der Waals surface area contributed by atoms with E-state index in [1.165, 1.54) is 0 Å². The van der Waals surface area contributed by atoms with Crippen LogP contribution in [0.4, 0.5) is 0 Å². The largest absolute Gasteiger partial charge is 0.481 e. The van der Waals surface area contributed by atoms with Gasteiger partial charge in [-0.1, -0.05) is 81.3 Å². The van der Waals surface area contributed by atoms with Crippen LogP contribution in [0.15, 0.2) is 54.6 Å². The molecule has 0 aliphatic heterocycles. The van der Waals surface area contributed by atoms with E-state index in [2.05, 4.69) is 0 Å². The highest BCUT2D eigenvalue weighted by Gasteiger charge is 2.25. The van der Waals surface area contributed by atoms with E-state index < -0.39 is 23.8 Å². The normalized spacial score (nSPS) is 12.7. The molecule has 32 heavy (non-hydrogen) atoms. The lowest BCUT2D eigenvalue weighted by Gasteiger charge is -2.25. The van der Waals surface area contributed by atoms with E-state index in [1.807, 2.05) is 61.5 Å². The van der Waals surface area contributed by atoms with Gasteiger partial charge in [-0.05, 0) is 29.5 Å². The topological polar surface area (TPSA) is 94.9 Å². The van der Waals surface area contributed by atoms with Crippen LogP contribution in [0.3, 0.4) is 0 Å². The molecule has 172 valence electrons. The zero-order valence-corrected chi connectivity index (χ0v) is 18.9. The van der Waals surface area contributed by atoms with Gasteiger partial charge in [0.05, 0.1) is 11.8 Å². The van der Waals surface area contributed by atoms with Gasteiger partial charge in [0.25, 0.3) is 0 Å². The SMILES string of the molecule is CCCCC(CC(=O)N(CCC(C)C(=O)O)Cc1ccc(-c2ccccc2)cc1)C(=O)O. The third-order valence-corrected chi connectivity index (χ3v) is 5.72. The first-order valence-corrected chi connectivity index (χ1v) is 11.2. The van der Waals surface area contributed by atoms with Gasteiger partial charge in [-0.25, -0.2) is 0 Å². The number of rotatable bonds is 13. The number of aliphatic carboxylic acids is 2. The molecule has 6 heteroatoms. The third kappa shape index (κ3) is 7.84. The van der Waals surface area contributed by atoms with Crippen molar-refractivity contribution in [3.05, 3.63) is 60.2 Å². The first-order chi connectivity index (χ1) is 15.3. The molecule has 0 saturated heterocycles. The fourth-order valence-electron chi connectivity index (χ4n) is 3.52. The number of nitrogens with zero attached hydrogens (tertiary/aromatic N) is 1. The summed E-state index contributed by atoms with van der Waals surface area (Å²) in [5, 5.41) is 18.7. The lowest BCUT2D eigenvalue weighted by molar-refractivity contribution is -0.146. The van der Waals surface area contributed by atoms with E-state index in [4.69, 9.17) is 0 Å². The second-order valence-electron chi connectivity index (χ2n) is 8.29. The van der Waals surface area contributed by atoms with Crippen LogP contribution in [-0.2, 0) is 20.9 Å². The molecule has 2 aromatic carbocycles. The predicted molar refractivity (Wildman–Crippen MR) is 124 cm³/mol. The van der Waals surface area contributed by atoms with E-state index in [0.717, 1.165) is 29.5 Å². The van der Waals surface area contributed by atoms with Crippen molar-refractivity contribution in [2.24, 2.45) is 11.8 Å². The zero-order chi connectivity index (χ0) is 23.5. The fourth-order valence-corrected chi connectivity index (χ4v) is 3.52. The maximum atomic E-state index is 13.0. The van der Waals surface area contributed by atoms with Crippen LogP contribution in [-0.4, -0.2) is 39.5 Å². The number of unbranched alkanes of at least 4 members (excludes halogenated alkanes) is 1. The van der Waals surface area contributed by atoms with Gasteiger partial charge in [-0.2, -0.15) is 0 Å². The molecular formula is C26H33NO5. The molecule has 0 aliphatic carbocycles. The smallest absolute Gasteiger partial charge is 0.307 e. The Morgan fingerprint density at radius 2 is 1.50 bits per heavy atom. The molecule has 2 rings (SSSR count). The maximum absolute atomic E-state index is 13.0. The van der Waals surface area contributed by atoms with Crippen molar-refractivity contribution in [2.75, 3.05) is 6.54 Å². The first kappa shape index (κ1) is 25.1. The van der Waals surface area contributed by atoms with Gasteiger partial charge in [-0.3, -0.25) is 14.4 Å². The van der Waals surface area contributed by atoms with Crippen LogP contribution >= 0.6 is 0 Å². The van der Waals surface area contributed by atoms with E-state index in [9.17, 15) is 24.6 Å². The fraction of sp³-hybridized carbons (Fsp3) is 0.423. The Bertz CT molecular complexity index is 879. The van der Waals surface area contributed by atoms with Crippen LogP contribution in [0, 0.1) is 11.8 Å².